The maximum Gasteiger partial charge on any atom is 0.142 e. The fraction of sp³-hybridized carbons (Fsp3) is 0.643. The molecule has 2 rings (SSSR count). The molecular weight excluding hydrogens is 226 g/mol. The number of nitrogens with zero attached hydrogens (tertiary/aromatic N) is 2. The van der Waals surface area contributed by atoms with Crippen molar-refractivity contribution in [3.63, 3.8) is 0 Å². The van der Waals surface area contributed by atoms with E-state index in [0.29, 0.717) is 5.92 Å². The summed E-state index contributed by atoms with van der Waals surface area (Å²) in [5.41, 5.74) is 2.23. The van der Waals surface area contributed by atoms with Gasteiger partial charge in [0, 0.05) is 32.2 Å². The number of hydrogen-bond acceptors (Lipinski definition) is 4. The number of rotatable bonds is 4. The van der Waals surface area contributed by atoms with Crippen LogP contribution in [0.15, 0.2) is 12.3 Å². The van der Waals surface area contributed by atoms with Gasteiger partial charge in [0.1, 0.15) is 5.75 Å². The molecule has 1 aromatic rings. The van der Waals surface area contributed by atoms with Gasteiger partial charge in [0.15, 0.2) is 0 Å². The van der Waals surface area contributed by atoms with E-state index in [0.717, 1.165) is 44.0 Å². The molecule has 1 fully saturated rings. The molecule has 0 radical (unpaired) electrons. The van der Waals surface area contributed by atoms with Crippen molar-refractivity contribution in [1.82, 2.24) is 10.3 Å². The summed E-state index contributed by atoms with van der Waals surface area (Å²) in [6.45, 7) is 8.55. The monoisotopic (exact) mass is 249 g/mol. The lowest BCUT2D eigenvalue weighted by molar-refractivity contribution is 0.403. The van der Waals surface area contributed by atoms with Gasteiger partial charge in [-0.3, -0.25) is 4.98 Å². The number of piperazine rings is 1. The number of nitrogens with one attached hydrogen (secondary N) is 1. The maximum absolute atomic E-state index is 5.47. The van der Waals surface area contributed by atoms with Gasteiger partial charge in [-0.15, -0.1) is 0 Å². The minimum Gasteiger partial charge on any atom is -0.495 e. The Hall–Kier alpha value is -1.29. The molecule has 18 heavy (non-hydrogen) atoms. The van der Waals surface area contributed by atoms with Crippen LogP contribution in [0.4, 0.5) is 5.69 Å². The SMILES string of the molecule is COc1cc(N2CCNCC2)cnc1CC(C)C. The van der Waals surface area contributed by atoms with Crippen LogP contribution < -0.4 is 15.0 Å². The molecule has 100 valence electrons. The Morgan fingerprint density at radius 1 is 1.39 bits per heavy atom. The predicted octanol–water partition coefficient (Wildman–Crippen LogP) is 1.70. The minimum atomic E-state index is 0.594. The summed E-state index contributed by atoms with van der Waals surface area (Å²) in [6, 6.07) is 2.12. The Bertz CT molecular complexity index is 387. The van der Waals surface area contributed by atoms with Crippen LogP contribution in [0.5, 0.6) is 5.75 Å². The topological polar surface area (TPSA) is 37.4 Å². The fourth-order valence-corrected chi connectivity index (χ4v) is 2.28. The quantitative estimate of drug-likeness (QED) is 0.881. The van der Waals surface area contributed by atoms with Gasteiger partial charge in [-0.2, -0.15) is 0 Å². The molecule has 0 atom stereocenters. The first-order valence-electron chi connectivity index (χ1n) is 6.69. The predicted molar refractivity (Wildman–Crippen MR) is 74.4 cm³/mol. The van der Waals surface area contributed by atoms with Crippen LogP contribution in [0.1, 0.15) is 19.5 Å². The molecular formula is C14H23N3O. The van der Waals surface area contributed by atoms with Gasteiger partial charge >= 0.3 is 0 Å². The van der Waals surface area contributed by atoms with Crippen molar-refractivity contribution in [3.05, 3.63) is 18.0 Å². The molecule has 0 unspecified atom stereocenters. The van der Waals surface area contributed by atoms with Crippen molar-refractivity contribution in [3.8, 4) is 5.75 Å². The van der Waals surface area contributed by atoms with Crippen molar-refractivity contribution in [1.29, 1.82) is 0 Å². The van der Waals surface area contributed by atoms with E-state index in [2.05, 4.69) is 35.1 Å². The molecule has 0 aliphatic carbocycles. The van der Waals surface area contributed by atoms with Gasteiger partial charge in [-0.25, -0.2) is 0 Å². The summed E-state index contributed by atoms with van der Waals surface area (Å²) in [5, 5.41) is 3.36. The van der Waals surface area contributed by atoms with Gasteiger partial charge in [-0.1, -0.05) is 13.8 Å². The van der Waals surface area contributed by atoms with Gasteiger partial charge in [0.25, 0.3) is 0 Å². The van der Waals surface area contributed by atoms with Gasteiger partial charge in [0.05, 0.1) is 24.7 Å². The van der Waals surface area contributed by atoms with Crippen LogP contribution in [0.2, 0.25) is 0 Å². The smallest absolute Gasteiger partial charge is 0.142 e. The normalized spacial score (nSPS) is 16.1. The molecule has 0 amide bonds. The lowest BCUT2D eigenvalue weighted by Crippen LogP contribution is -2.43. The second-order valence-corrected chi connectivity index (χ2v) is 5.18. The number of aromatic nitrogens is 1. The number of methoxy groups -OCH3 is 1. The summed E-state index contributed by atoms with van der Waals surface area (Å²) in [5.74, 6) is 1.51. The number of hydrogen-bond donors (Lipinski definition) is 1. The van der Waals surface area contributed by atoms with Crippen molar-refractivity contribution in [2.24, 2.45) is 5.92 Å². The van der Waals surface area contributed by atoms with E-state index in [9.17, 15) is 0 Å². The molecule has 1 aromatic heterocycles. The third kappa shape index (κ3) is 3.13. The number of pyridine rings is 1. The number of anilines is 1. The van der Waals surface area contributed by atoms with Crippen molar-refractivity contribution < 1.29 is 4.74 Å². The standard InChI is InChI=1S/C14H23N3O/c1-11(2)8-13-14(18-3)9-12(10-16-13)17-6-4-15-5-7-17/h9-11,15H,4-8H2,1-3H3. The average molecular weight is 249 g/mol. The van der Waals surface area contributed by atoms with Crippen LogP contribution in [0, 0.1) is 5.92 Å². The lowest BCUT2D eigenvalue weighted by atomic mass is 10.1. The van der Waals surface area contributed by atoms with Crippen molar-refractivity contribution >= 4 is 5.69 Å². The zero-order valence-corrected chi connectivity index (χ0v) is 11.6. The van der Waals surface area contributed by atoms with Crippen LogP contribution in [0.25, 0.3) is 0 Å². The van der Waals surface area contributed by atoms with E-state index in [4.69, 9.17) is 4.74 Å². The third-order valence-corrected chi connectivity index (χ3v) is 3.22. The van der Waals surface area contributed by atoms with Crippen molar-refractivity contribution in [2.75, 3.05) is 38.2 Å². The van der Waals surface area contributed by atoms with Gasteiger partial charge in [0.2, 0.25) is 0 Å². The Morgan fingerprint density at radius 3 is 2.72 bits per heavy atom. The fourth-order valence-electron chi connectivity index (χ4n) is 2.28. The Morgan fingerprint density at radius 2 is 2.11 bits per heavy atom. The molecule has 0 spiro atoms. The third-order valence-electron chi connectivity index (χ3n) is 3.22. The van der Waals surface area contributed by atoms with Crippen LogP contribution in [0.3, 0.4) is 0 Å². The molecule has 1 N–H and O–H groups in total. The van der Waals surface area contributed by atoms with E-state index in [1.165, 1.54) is 5.69 Å². The Kier molecular flexibility index (Phi) is 4.42. The average Bonchev–Trinajstić information content (AvgIpc) is 2.39. The summed E-state index contributed by atoms with van der Waals surface area (Å²) in [4.78, 5) is 6.93. The highest BCUT2D eigenvalue weighted by atomic mass is 16.5. The summed E-state index contributed by atoms with van der Waals surface area (Å²) < 4.78 is 5.47. The molecule has 0 aromatic carbocycles. The molecule has 0 saturated carbocycles. The first-order chi connectivity index (χ1) is 8.70. The van der Waals surface area contributed by atoms with E-state index in [1.54, 1.807) is 7.11 Å². The van der Waals surface area contributed by atoms with E-state index in [1.807, 2.05) is 6.20 Å². The second-order valence-electron chi connectivity index (χ2n) is 5.18. The summed E-state index contributed by atoms with van der Waals surface area (Å²) >= 11 is 0. The number of ether oxygens (including phenoxy) is 1. The lowest BCUT2D eigenvalue weighted by Gasteiger charge is -2.29. The first-order valence-corrected chi connectivity index (χ1v) is 6.69. The summed E-state index contributed by atoms with van der Waals surface area (Å²) in [7, 11) is 1.72. The van der Waals surface area contributed by atoms with Gasteiger partial charge in [-0.05, 0) is 12.3 Å². The molecule has 1 aliphatic rings. The minimum absolute atomic E-state index is 0.594. The van der Waals surface area contributed by atoms with E-state index in [-0.39, 0.29) is 0 Å². The van der Waals surface area contributed by atoms with Gasteiger partial charge < -0.3 is 15.0 Å². The molecule has 1 saturated heterocycles. The zero-order valence-electron chi connectivity index (χ0n) is 11.6. The highest BCUT2D eigenvalue weighted by Gasteiger charge is 2.14. The van der Waals surface area contributed by atoms with Crippen LogP contribution >= 0.6 is 0 Å². The maximum atomic E-state index is 5.47. The molecule has 2 heterocycles. The summed E-state index contributed by atoms with van der Waals surface area (Å²) in [6.07, 6.45) is 2.94. The largest absolute Gasteiger partial charge is 0.495 e. The Labute approximate surface area is 109 Å². The van der Waals surface area contributed by atoms with Crippen LogP contribution in [-0.2, 0) is 6.42 Å². The molecule has 4 nitrogen and oxygen atoms in total. The highest BCUT2D eigenvalue weighted by molar-refractivity contribution is 5.50. The van der Waals surface area contributed by atoms with E-state index < -0.39 is 0 Å². The Balaban J connectivity index is 2.17. The molecule has 0 bridgehead atoms. The van der Waals surface area contributed by atoms with Crippen LogP contribution in [-0.4, -0.2) is 38.3 Å². The first kappa shape index (κ1) is 13.1. The zero-order chi connectivity index (χ0) is 13.0. The molecule has 1 aliphatic heterocycles. The highest BCUT2D eigenvalue weighted by Crippen LogP contribution is 2.25. The van der Waals surface area contributed by atoms with Crippen molar-refractivity contribution in [2.45, 2.75) is 20.3 Å². The van der Waals surface area contributed by atoms with E-state index >= 15 is 0 Å². The second kappa shape index (κ2) is 6.05. The molecule has 4 heteroatoms.